The van der Waals surface area contributed by atoms with Crippen LogP contribution in [0.4, 0.5) is 10.5 Å². The van der Waals surface area contributed by atoms with Crippen LogP contribution in [0.2, 0.25) is 0 Å². The fourth-order valence-electron chi connectivity index (χ4n) is 2.13. The minimum Gasteiger partial charge on any atom is -0.430 e. The number of nitro groups is 1. The molecule has 14 nitrogen and oxygen atoms in total. The standard InChI is InChI=1S/C19H27N3O11S/c1-13(31-18(25)32-15-6-4-14(5-7-15)22(26)27)11-34(28,29)9-8-21-16(23)10-30-33-17(24)19(2,3)12-20/h4-7,13H,8-12,20H2,1-3H3,(H,21,23). The number of hydrogen-bond acceptors (Lipinski definition) is 12. The van der Waals surface area contributed by atoms with Crippen LogP contribution in [0.1, 0.15) is 20.8 Å². The molecule has 1 aromatic rings. The van der Waals surface area contributed by atoms with Gasteiger partial charge in [0.2, 0.25) is 5.91 Å². The predicted molar refractivity (Wildman–Crippen MR) is 116 cm³/mol. The minimum atomic E-state index is -3.73. The summed E-state index contributed by atoms with van der Waals surface area (Å²) in [6, 6.07) is 4.63. The highest BCUT2D eigenvalue weighted by Gasteiger charge is 2.29. The largest absolute Gasteiger partial charge is 0.514 e. The molecule has 0 heterocycles. The number of sulfone groups is 1. The number of nitrogens with two attached hydrogens (primary N) is 1. The van der Waals surface area contributed by atoms with Gasteiger partial charge in [-0.1, -0.05) is 0 Å². The second-order valence-corrected chi connectivity index (χ2v) is 9.95. The maximum Gasteiger partial charge on any atom is 0.514 e. The third-order valence-electron chi connectivity index (χ3n) is 4.16. The Kier molecular flexibility index (Phi) is 10.8. The van der Waals surface area contributed by atoms with E-state index >= 15 is 0 Å². The van der Waals surface area contributed by atoms with Crippen molar-refractivity contribution in [2.75, 3.05) is 31.2 Å². The Labute approximate surface area is 195 Å². The SMILES string of the molecule is CC(CS(=O)(=O)CCNC(=O)COOC(=O)C(C)(C)CN)OC(=O)Oc1ccc([N+](=O)[O-])cc1. The van der Waals surface area contributed by atoms with Crippen molar-refractivity contribution in [1.29, 1.82) is 0 Å². The van der Waals surface area contributed by atoms with Crippen LogP contribution in [0.15, 0.2) is 24.3 Å². The number of hydrogen-bond donors (Lipinski definition) is 2. The van der Waals surface area contributed by atoms with Crippen molar-refractivity contribution in [3.8, 4) is 5.75 Å². The molecule has 34 heavy (non-hydrogen) atoms. The van der Waals surface area contributed by atoms with Crippen molar-refractivity contribution >= 4 is 33.6 Å². The van der Waals surface area contributed by atoms with Crippen molar-refractivity contribution in [3.05, 3.63) is 34.4 Å². The van der Waals surface area contributed by atoms with E-state index in [4.69, 9.17) is 15.2 Å². The number of nitro benzene ring substituents is 1. The molecule has 0 aliphatic heterocycles. The second kappa shape index (κ2) is 12.8. The van der Waals surface area contributed by atoms with Gasteiger partial charge in [0.25, 0.3) is 5.69 Å². The summed E-state index contributed by atoms with van der Waals surface area (Å²) in [4.78, 5) is 54.1. The van der Waals surface area contributed by atoms with Crippen LogP contribution in [-0.4, -0.2) is 68.7 Å². The van der Waals surface area contributed by atoms with Gasteiger partial charge in [-0.2, -0.15) is 4.89 Å². The van der Waals surface area contributed by atoms with Crippen molar-refractivity contribution in [3.63, 3.8) is 0 Å². The van der Waals surface area contributed by atoms with Crippen LogP contribution in [0.25, 0.3) is 0 Å². The van der Waals surface area contributed by atoms with Crippen LogP contribution in [-0.2, 0) is 33.9 Å². The molecule has 0 saturated carbocycles. The van der Waals surface area contributed by atoms with Gasteiger partial charge < -0.3 is 20.5 Å². The molecule has 1 unspecified atom stereocenters. The van der Waals surface area contributed by atoms with E-state index in [0.717, 1.165) is 12.1 Å². The zero-order valence-electron chi connectivity index (χ0n) is 18.8. The zero-order chi connectivity index (χ0) is 25.9. The number of carbonyl (C=O) groups excluding carboxylic acids is 3. The predicted octanol–water partition coefficient (Wildman–Crippen LogP) is 0.489. The first-order chi connectivity index (χ1) is 15.8. The van der Waals surface area contributed by atoms with E-state index in [0.29, 0.717) is 0 Å². The monoisotopic (exact) mass is 505 g/mol. The Morgan fingerprint density at radius 3 is 2.38 bits per heavy atom. The van der Waals surface area contributed by atoms with Crippen molar-refractivity contribution in [1.82, 2.24) is 5.32 Å². The molecule has 190 valence electrons. The number of nitrogens with zero attached hydrogens (tertiary/aromatic N) is 1. The summed E-state index contributed by atoms with van der Waals surface area (Å²) in [5, 5.41) is 12.9. The van der Waals surface area contributed by atoms with Gasteiger partial charge in [-0.15, -0.1) is 0 Å². The normalized spacial score (nSPS) is 12.4. The van der Waals surface area contributed by atoms with E-state index in [-0.39, 0.29) is 24.5 Å². The average Bonchev–Trinajstić information content (AvgIpc) is 2.73. The van der Waals surface area contributed by atoms with E-state index in [1.54, 1.807) is 0 Å². The first-order valence-corrected chi connectivity index (χ1v) is 11.7. The molecule has 1 amide bonds. The summed E-state index contributed by atoms with van der Waals surface area (Å²) in [6.45, 7) is 3.51. The highest BCUT2D eigenvalue weighted by atomic mass is 32.2. The average molecular weight is 506 g/mol. The van der Waals surface area contributed by atoms with Crippen molar-refractivity contribution in [2.45, 2.75) is 26.9 Å². The smallest absolute Gasteiger partial charge is 0.430 e. The summed E-state index contributed by atoms with van der Waals surface area (Å²) in [7, 11) is -3.73. The maximum atomic E-state index is 12.2. The molecule has 0 fully saturated rings. The number of non-ortho nitro benzene ring substituents is 1. The number of amides is 1. The molecule has 1 rings (SSSR count). The summed E-state index contributed by atoms with van der Waals surface area (Å²) >= 11 is 0. The van der Waals surface area contributed by atoms with Crippen LogP contribution < -0.4 is 15.8 Å². The number of ether oxygens (including phenoxy) is 2. The van der Waals surface area contributed by atoms with Crippen molar-refractivity contribution < 1.29 is 47.0 Å². The molecule has 0 radical (unpaired) electrons. The summed E-state index contributed by atoms with van der Waals surface area (Å²) < 4.78 is 34.0. The highest BCUT2D eigenvalue weighted by Crippen LogP contribution is 2.18. The van der Waals surface area contributed by atoms with Crippen LogP contribution in [0.3, 0.4) is 0 Å². The quantitative estimate of drug-likeness (QED) is 0.124. The van der Waals surface area contributed by atoms with E-state index in [2.05, 4.69) is 15.1 Å². The first kappa shape index (κ1) is 28.7. The molecule has 15 heteroatoms. The minimum absolute atomic E-state index is 0.0101. The Hall–Kier alpha value is -3.30. The molecule has 0 aliphatic carbocycles. The van der Waals surface area contributed by atoms with Gasteiger partial charge in [0.1, 0.15) is 11.9 Å². The fraction of sp³-hybridized carbons (Fsp3) is 0.526. The number of carbonyl (C=O) groups is 3. The van der Waals surface area contributed by atoms with Gasteiger partial charge in [0.05, 0.1) is 21.8 Å². The molecule has 0 spiro atoms. The Balaban J connectivity index is 2.34. The number of rotatable bonds is 13. The first-order valence-electron chi connectivity index (χ1n) is 9.90. The molecular weight excluding hydrogens is 478 g/mol. The summed E-state index contributed by atoms with van der Waals surface area (Å²) in [5.41, 5.74) is 4.22. The lowest BCUT2D eigenvalue weighted by atomic mass is 9.94. The number of nitrogens with one attached hydrogen (secondary N) is 1. The molecule has 0 bridgehead atoms. The van der Waals surface area contributed by atoms with Gasteiger partial charge >= 0.3 is 12.1 Å². The van der Waals surface area contributed by atoms with Gasteiger partial charge in [-0.05, 0) is 32.9 Å². The van der Waals surface area contributed by atoms with Gasteiger partial charge in [0.15, 0.2) is 16.4 Å². The Morgan fingerprint density at radius 2 is 1.82 bits per heavy atom. The topological polar surface area (TPSA) is 203 Å². The van der Waals surface area contributed by atoms with Crippen LogP contribution in [0.5, 0.6) is 5.75 Å². The lowest BCUT2D eigenvalue weighted by Gasteiger charge is -2.18. The van der Waals surface area contributed by atoms with E-state index in [9.17, 15) is 32.9 Å². The van der Waals surface area contributed by atoms with Gasteiger partial charge in [-0.25, -0.2) is 18.0 Å². The second-order valence-electron chi connectivity index (χ2n) is 7.72. The molecule has 3 N–H and O–H groups in total. The van der Waals surface area contributed by atoms with E-state index in [1.807, 2.05) is 0 Å². The lowest BCUT2D eigenvalue weighted by Crippen LogP contribution is -2.36. The molecule has 1 aromatic carbocycles. The van der Waals surface area contributed by atoms with Gasteiger partial charge in [-0.3, -0.25) is 19.8 Å². The van der Waals surface area contributed by atoms with Crippen molar-refractivity contribution in [2.24, 2.45) is 11.1 Å². The molecule has 0 aliphatic rings. The zero-order valence-corrected chi connectivity index (χ0v) is 19.7. The van der Waals surface area contributed by atoms with Gasteiger partial charge in [0, 0.05) is 25.2 Å². The highest BCUT2D eigenvalue weighted by molar-refractivity contribution is 7.91. The van der Waals surface area contributed by atoms with Crippen LogP contribution >= 0.6 is 0 Å². The molecule has 0 aromatic heterocycles. The molecule has 1 atom stereocenters. The fourth-order valence-corrected chi connectivity index (χ4v) is 3.49. The molecular formula is C19H27N3O11S. The van der Waals surface area contributed by atoms with Crippen LogP contribution in [0, 0.1) is 15.5 Å². The van der Waals surface area contributed by atoms with E-state index < -0.39 is 62.4 Å². The number of benzene rings is 1. The third kappa shape index (κ3) is 10.5. The van der Waals surface area contributed by atoms with E-state index in [1.165, 1.54) is 32.9 Å². The summed E-state index contributed by atoms with van der Waals surface area (Å²) in [5.74, 6) is -2.49. The lowest BCUT2D eigenvalue weighted by molar-refractivity contribution is -0.384. The summed E-state index contributed by atoms with van der Waals surface area (Å²) in [6.07, 6.45) is -2.26. The maximum absolute atomic E-state index is 12.2. The third-order valence-corrected chi connectivity index (χ3v) is 5.96. The molecule has 0 saturated heterocycles. The Morgan fingerprint density at radius 1 is 1.21 bits per heavy atom. The Bertz CT molecular complexity index is 978.